The standard InChI is InChI=1S/C35H45NO6S/c1-36(2)25-26-21-29(28-13-8-14-31(24-28)43-3)23-30(22-26)41-19-7-5-4-6-11-27-12-9-15-33(32(27)17-18-35(39)40)42-20-10-16-34(37)38/h8-9,12-15,21-24H,4-7,10-11,16-20,25H2,1-3H3,(H,37,38)(H,39,40). The number of carboxylic acid groups (broad SMARTS) is 2. The normalized spacial score (nSPS) is 11.1. The number of hydrogen-bond donors (Lipinski definition) is 2. The van der Waals surface area contributed by atoms with E-state index in [1.165, 1.54) is 16.0 Å². The summed E-state index contributed by atoms with van der Waals surface area (Å²) in [4.78, 5) is 25.5. The maximum atomic E-state index is 11.3. The zero-order valence-corrected chi connectivity index (χ0v) is 26.5. The number of unbranched alkanes of at least 4 members (excludes halogenated alkanes) is 3. The summed E-state index contributed by atoms with van der Waals surface area (Å²) in [6, 6.07) is 20.9. The third-order valence-corrected chi connectivity index (χ3v) is 7.81. The Hall–Kier alpha value is -3.49. The Kier molecular flexibility index (Phi) is 14.4. The Bertz CT molecular complexity index is 1330. The highest BCUT2D eigenvalue weighted by Crippen LogP contribution is 2.30. The van der Waals surface area contributed by atoms with Crippen molar-refractivity contribution in [1.82, 2.24) is 4.90 Å². The highest BCUT2D eigenvalue weighted by Gasteiger charge is 2.12. The number of hydrogen-bond acceptors (Lipinski definition) is 6. The molecule has 0 unspecified atom stereocenters. The van der Waals surface area contributed by atoms with Crippen LogP contribution in [0.3, 0.4) is 0 Å². The van der Waals surface area contributed by atoms with E-state index in [0.717, 1.165) is 61.1 Å². The molecule has 0 aliphatic carbocycles. The van der Waals surface area contributed by atoms with Crippen molar-refractivity contribution in [3.05, 3.63) is 77.4 Å². The molecule has 0 radical (unpaired) electrons. The topological polar surface area (TPSA) is 96.3 Å². The summed E-state index contributed by atoms with van der Waals surface area (Å²) in [6.07, 6.45) is 7.82. The van der Waals surface area contributed by atoms with E-state index < -0.39 is 11.9 Å². The predicted molar refractivity (Wildman–Crippen MR) is 173 cm³/mol. The molecule has 0 amide bonds. The van der Waals surface area contributed by atoms with Crippen LogP contribution < -0.4 is 9.47 Å². The predicted octanol–water partition coefficient (Wildman–Crippen LogP) is 7.58. The second kappa shape index (κ2) is 18.2. The summed E-state index contributed by atoms with van der Waals surface area (Å²) in [5.41, 5.74) is 5.59. The molecule has 3 aromatic carbocycles. The summed E-state index contributed by atoms with van der Waals surface area (Å²) in [5.74, 6) is -0.145. The summed E-state index contributed by atoms with van der Waals surface area (Å²) in [5, 5.41) is 18.1. The molecular weight excluding hydrogens is 562 g/mol. The molecule has 0 fully saturated rings. The Morgan fingerprint density at radius 3 is 2.26 bits per heavy atom. The van der Waals surface area contributed by atoms with E-state index in [4.69, 9.17) is 14.6 Å². The molecule has 2 N–H and O–H groups in total. The fourth-order valence-corrected chi connectivity index (χ4v) is 5.49. The molecule has 0 aliphatic rings. The van der Waals surface area contributed by atoms with Crippen molar-refractivity contribution in [1.29, 1.82) is 0 Å². The van der Waals surface area contributed by atoms with Crippen LogP contribution in [0, 0.1) is 0 Å². The SMILES string of the molecule is CSc1cccc(-c2cc(CN(C)C)cc(OCCCCCCc3cccc(OCCCC(=O)O)c3CCC(=O)O)c2)c1. The van der Waals surface area contributed by atoms with Gasteiger partial charge in [0.2, 0.25) is 0 Å². The number of nitrogens with zero attached hydrogens (tertiary/aromatic N) is 1. The van der Waals surface area contributed by atoms with Crippen molar-refractivity contribution in [3.63, 3.8) is 0 Å². The zero-order valence-electron chi connectivity index (χ0n) is 25.6. The van der Waals surface area contributed by atoms with Crippen molar-refractivity contribution in [2.24, 2.45) is 0 Å². The Morgan fingerprint density at radius 2 is 1.51 bits per heavy atom. The van der Waals surface area contributed by atoms with Crippen LogP contribution in [0.5, 0.6) is 11.5 Å². The van der Waals surface area contributed by atoms with Gasteiger partial charge in [0.15, 0.2) is 0 Å². The van der Waals surface area contributed by atoms with Crippen LogP contribution in [0.15, 0.2) is 65.6 Å². The first-order chi connectivity index (χ1) is 20.7. The first-order valence-electron chi connectivity index (χ1n) is 15.0. The monoisotopic (exact) mass is 607 g/mol. The molecule has 0 spiro atoms. The van der Waals surface area contributed by atoms with Gasteiger partial charge in [-0.1, -0.05) is 37.1 Å². The molecule has 0 aliphatic heterocycles. The molecule has 7 nitrogen and oxygen atoms in total. The van der Waals surface area contributed by atoms with Crippen molar-refractivity contribution in [2.75, 3.05) is 33.6 Å². The quantitative estimate of drug-likeness (QED) is 0.100. The Balaban J connectivity index is 1.52. The lowest BCUT2D eigenvalue weighted by Gasteiger charge is -2.16. The molecule has 0 bridgehead atoms. The summed E-state index contributed by atoms with van der Waals surface area (Å²) in [6.45, 7) is 1.79. The number of thioether (sulfide) groups is 1. The van der Waals surface area contributed by atoms with Gasteiger partial charge in [0.1, 0.15) is 11.5 Å². The molecule has 8 heteroatoms. The zero-order chi connectivity index (χ0) is 31.0. The van der Waals surface area contributed by atoms with Crippen LogP contribution in [0.4, 0.5) is 0 Å². The van der Waals surface area contributed by atoms with Gasteiger partial charge in [-0.25, -0.2) is 0 Å². The molecular formula is C35H45NO6S. The minimum atomic E-state index is -0.853. The smallest absolute Gasteiger partial charge is 0.303 e. The number of carbonyl (C=O) groups is 2. The van der Waals surface area contributed by atoms with E-state index in [1.807, 2.05) is 18.2 Å². The average molecular weight is 608 g/mol. The molecule has 232 valence electrons. The summed E-state index contributed by atoms with van der Waals surface area (Å²) >= 11 is 1.74. The van der Waals surface area contributed by atoms with Crippen molar-refractivity contribution >= 4 is 23.7 Å². The average Bonchev–Trinajstić information content (AvgIpc) is 2.97. The van der Waals surface area contributed by atoms with Gasteiger partial charge in [-0.05, 0) is 117 Å². The van der Waals surface area contributed by atoms with Crippen LogP contribution in [0.2, 0.25) is 0 Å². The number of aliphatic carboxylic acids is 2. The van der Waals surface area contributed by atoms with Crippen LogP contribution in [0.1, 0.15) is 61.6 Å². The van der Waals surface area contributed by atoms with Gasteiger partial charge in [0.05, 0.1) is 13.2 Å². The number of ether oxygens (including phenoxy) is 2. The molecule has 43 heavy (non-hydrogen) atoms. The highest BCUT2D eigenvalue weighted by atomic mass is 32.2. The van der Waals surface area contributed by atoms with E-state index in [0.29, 0.717) is 31.8 Å². The van der Waals surface area contributed by atoms with Gasteiger partial charge in [0, 0.05) is 24.3 Å². The van der Waals surface area contributed by atoms with E-state index in [2.05, 4.69) is 67.7 Å². The fourth-order valence-electron chi connectivity index (χ4n) is 5.03. The summed E-state index contributed by atoms with van der Waals surface area (Å²) < 4.78 is 12.1. The first-order valence-corrected chi connectivity index (χ1v) is 16.2. The molecule has 0 aromatic heterocycles. The van der Waals surface area contributed by atoms with Gasteiger partial charge in [-0.3, -0.25) is 9.59 Å². The van der Waals surface area contributed by atoms with Crippen molar-refractivity contribution in [3.8, 4) is 22.6 Å². The Labute approximate surface area is 260 Å². The van der Waals surface area contributed by atoms with Crippen LogP contribution in [-0.2, 0) is 29.0 Å². The third kappa shape index (κ3) is 12.3. The number of carboxylic acids is 2. The third-order valence-electron chi connectivity index (χ3n) is 7.09. The van der Waals surface area contributed by atoms with Crippen molar-refractivity contribution in [2.45, 2.75) is 69.2 Å². The lowest BCUT2D eigenvalue weighted by atomic mass is 9.97. The van der Waals surface area contributed by atoms with Crippen LogP contribution in [0.25, 0.3) is 11.1 Å². The Morgan fingerprint density at radius 1 is 0.767 bits per heavy atom. The second-order valence-electron chi connectivity index (χ2n) is 11.0. The highest BCUT2D eigenvalue weighted by molar-refractivity contribution is 7.98. The van der Waals surface area contributed by atoms with E-state index in [1.54, 1.807) is 11.8 Å². The summed E-state index contributed by atoms with van der Waals surface area (Å²) in [7, 11) is 4.14. The lowest BCUT2D eigenvalue weighted by Crippen LogP contribution is -2.11. The number of aryl methyl sites for hydroxylation is 1. The molecule has 0 saturated carbocycles. The first kappa shape index (κ1) is 34.0. The van der Waals surface area contributed by atoms with Gasteiger partial charge in [-0.15, -0.1) is 11.8 Å². The fraction of sp³-hybridized carbons (Fsp3) is 0.429. The maximum absolute atomic E-state index is 11.3. The van der Waals surface area contributed by atoms with Crippen LogP contribution in [-0.4, -0.2) is 60.6 Å². The number of benzene rings is 3. The van der Waals surface area contributed by atoms with Crippen molar-refractivity contribution < 1.29 is 29.3 Å². The largest absolute Gasteiger partial charge is 0.494 e. The second-order valence-corrected chi connectivity index (χ2v) is 11.9. The lowest BCUT2D eigenvalue weighted by molar-refractivity contribution is -0.138. The van der Waals surface area contributed by atoms with Gasteiger partial charge in [-0.2, -0.15) is 0 Å². The minimum Gasteiger partial charge on any atom is -0.494 e. The molecule has 0 saturated heterocycles. The molecule has 3 rings (SSSR count). The van der Waals surface area contributed by atoms with E-state index in [9.17, 15) is 14.7 Å². The van der Waals surface area contributed by atoms with Crippen LogP contribution >= 0.6 is 11.8 Å². The van der Waals surface area contributed by atoms with E-state index >= 15 is 0 Å². The number of rotatable bonds is 20. The molecule has 0 heterocycles. The van der Waals surface area contributed by atoms with Gasteiger partial charge in [0.25, 0.3) is 0 Å². The molecule has 3 aromatic rings. The van der Waals surface area contributed by atoms with Gasteiger partial charge >= 0.3 is 11.9 Å². The van der Waals surface area contributed by atoms with E-state index in [-0.39, 0.29) is 12.8 Å². The minimum absolute atomic E-state index is 0.0281. The maximum Gasteiger partial charge on any atom is 0.303 e. The molecule has 0 atom stereocenters. The van der Waals surface area contributed by atoms with Gasteiger partial charge < -0.3 is 24.6 Å².